The summed E-state index contributed by atoms with van der Waals surface area (Å²) in [6.45, 7) is 5.47. The molecule has 1 atom stereocenters. The summed E-state index contributed by atoms with van der Waals surface area (Å²) in [5, 5.41) is 9.26. The standard InChI is InChI=1S/C16H18N4O2/c1-15(2)10-16(8-12(9-17)13(15)21)11-20(6-7-22-16)14-18-4-3-5-19-14/h3-5,8H,6-7,10-11H2,1-2H3. The maximum Gasteiger partial charge on any atom is 0.225 e. The summed E-state index contributed by atoms with van der Waals surface area (Å²) in [6, 6.07) is 3.79. The van der Waals surface area contributed by atoms with E-state index in [1.54, 1.807) is 24.5 Å². The van der Waals surface area contributed by atoms with Crippen LogP contribution < -0.4 is 4.90 Å². The molecule has 1 aromatic rings. The molecule has 0 radical (unpaired) electrons. The highest BCUT2D eigenvalue weighted by molar-refractivity contribution is 6.04. The lowest BCUT2D eigenvalue weighted by Gasteiger charge is -2.46. The number of carbonyl (C=O) groups excluding carboxylic acids is 1. The monoisotopic (exact) mass is 298 g/mol. The summed E-state index contributed by atoms with van der Waals surface area (Å²) in [6.07, 6.45) is 5.65. The number of allylic oxidation sites excluding steroid dienone is 1. The summed E-state index contributed by atoms with van der Waals surface area (Å²) in [7, 11) is 0. The van der Waals surface area contributed by atoms with Gasteiger partial charge in [-0.3, -0.25) is 4.79 Å². The van der Waals surface area contributed by atoms with Crippen molar-refractivity contribution in [2.75, 3.05) is 24.6 Å². The molecule has 1 aliphatic carbocycles. The molecule has 1 saturated heterocycles. The Labute approximate surface area is 129 Å². The quantitative estimate of drug-likeness (QED) is 0.781. The number of morpholine rings is 1. The van der Waals surface area contributed by atoms with Gasteiger partial charge in [0.1, 0.15) is 11.7 Å². The van der Waals surface area contributed by atoms with Gasteiger partial charge in [0.05, 0.1) is 18.7 Å². The molecule has 1 fully saturated rings. The van der Waals surface area contributed by atoms with Gasteiger partial charge in [0.25, 0.3) is 0 Å². The Balaban J connectivity index is 1.94. The van der Waals surface area contributed by atoms with Crippen molar-refractivity contribution in [2.45, 2.75) is 25.9 Å². The minimum Gasteiger partial charge on any atom is -0.367 e. The van der Waals surface area contributed by atoms with Gasteiger partial charge in [0.2, 0.25) is 5.95 Å². The molecule has 2 heterocycles. The molecule has 1 spiro atoms. The normalized spacial score (nSPS) is 27.4. The van der Waals surface area contributed by atoms with Crippen LogP contribution in [0, 0.1) is 16.7 Å². The van der Waals surface area contributed by atoms with Gasteiger partial charge in [0.15, 0.2) is 5.78 Å². The van der Waals surface area contributed by atoms with Crippen molar-refractivity contribution in [1.29, 1.82) is 5.26 Å². The lowest BCUT2D eigenvalue weighted by atomic mass is 9.69. The predicted molar refractivity (Wildman–Crippen MR) is 80.0 cm³/mol. The zero-order valence-corrected chi connectivity index (χ0v) is 12.7. The number of hydrogen-bond acceptors (Lipinski definition) is 6. The zero-order valence-electron chi connectivity index (χ0n) is 12.7. The van der Waals surface area contributed by atoms with Crippen LogP contribution in [0.1, 0.15) is 20.3 Å². The van der Waals surface area contributed by atoms with Crippen LogP contribution >= 0.6 is 0 Å². The van der Waals surface area contributed by atoms with Crippen LogP contribution in [0.3, 0.4) is 0 Å². The molecule has 0 amide bonds. The highest BCUT2D eigenvalue weighted by Crippen LogP contribution is 2.41. The zero-order chi connectivity index (χ0) is 15.8. The van der Waals surface area contributed by atoms with Crippen LogP contribution in [0.15, 0.2) is 30.1 Å². The Morgan fingerprint density at radius 1 is 1.36 bits per heavy atom. The van der Waals surface area contributed by atoms with Crippen LogP contribution in [-0.2, 0) is 9.53 Å². The molecule has 6 heteroatoms. The second kappa shape index (κ2) is 5.18. The molecule has 114 valence electrons. The van der Waals surface area contributed by atoms with Crippen molar-refractivity contribution in [3.63, 3.8) is 0 Å². The molecular weight excluding hydrogens is 280 g/mol. The lowest BCUT2D eigenvalue weighted by molar-refractivity contribution is -0.130. The third-order valence-corrected chi connectivity index (χ3v) is 4.17. The number of ether oxygens (including phenoxy) is 1. The molecule has 1 unspecified atom stereocenters. The minimum atomic E-state index is -0.639. The number of anilines is 1. The van der Waals surface area contributed by atoms with Crippen LogP contribution in [0.2, 0.25) is 0 Å². The molecule has 0 saturated carbocycles. The first-order chi connectivity index (χ1) is 10.5. The first kappa shape index (κ1) is 14.7. The van der Waals surface area contributed by atoms with Crippen LogP contribution in [0.4, 0.5) is 5.95 Å². The Hall–Kier alpha value is -2.26. The number of Topliss-reactive ketones (excluding diaryl/α,β-unsaturated/α-hetero) is 1. The topological polar surface area (TPSA) is 79.1 Å². The Kier molecular flexibility index (Phi) is 3.45. The SMILES string of the molecule is CC1(C)CC2(C=C(C#N)C1=O)CN(c1ncccn1)CCO2. The number of ketones is 1. The van der Waals surface area contributed by atoms with Gasteiger partial charge in [-0.1, -0.05) is 13.8 Å². The average Bonchev–Trinajstić information content (AvgIpc) is 2.51. The third kappa shape index (κ3) is 2.48. The summed E-state index contributed by atoms with van der Waals surface area (Å²) in [5.74, 6) is 0.532. The Morgan fingerprint density at radius 2 is 2.09 bits per heavy atom. The Morgan fingerprint density at radius 3 is 2.77 bits per heavy atom. The van der Waals surface area contributed by atoms with Gasteiger partial charge in [-0.15, -0.1) is 0 Å². The largest absolute Gasteiger partial charge is 0.367 e. The molecule has 2 aliphatic rings. The van der Waals surface area contributed by atoms with Crippen molar-refractivity contribution < 1.29 is 9.53 Å². The first-order valence-electron chi connectivity index (χ1n) is 7.29. The fourth-order valence-corrected chi connectivity index (χ4v) is 3.28. The van der Waals surface area contributed by atoms with E-state index in [0.717, 1.165) is 0 Å². The fourth-order valence-electron chi connectivity index (χ4n) is 3.28. The van der Waals surface area contributed by atoms with E-state index in [4.69, 9.17) is 4.74 Å². The van der Waals surface area contributed by atoms with Crippen molar-refractivity contribution >= 4 is 11.7 Å². The van der Waals surface area contributed by atoms with Crippen LogP contribution in [0.5, 0.6) is 0 Å². The van der Waals surface area contributed by atoms with E-state index in [1.165, 1.54) is 0 Å². The second-order valence-electron chi connectivity index (χ2n) is 6.44. The van der Waals surface area contributed by atoms with Gasteiger partial charge in [-0.25, -0.2) is 9.97 Å². The molecule has 0 bridgehead atoms. The summed E-state index contributed by atoms with van der Waals surface area (Å²) in [4.78, 5) is 22.9. The van der Waals surface area contributed by atoms with Gasteiger partial charge in [-0.05, 0) is 18.6 Å². The molecule has 22 heavy (non-hydrogen) atoms. The number of carbonyl (C=O) groups is 1. The molecule has 1 aromatic heterocycles. The third-order valence-electron chi connectivity index (χ3n) is 4.17. The average molecular weight is 298 g/mol. The van der Waals surface area contributed by atoms with E-state index >= 15 is 0 Å². The molecular formula is C16H18N4O2. The van der Waals surface area contributed by atoms with E-state index in [2.05, 4.69) is 9.97 Å². The van der Waals surface area contributed by atoms with Crippen LogP contribution in [0.25, 0.3) is 0 Å². The van der Waals surface area contributed by atoms with E-state index < -0.39 is 11.0 Å². The molecule has 3 rings (SSSR count). The molecule has 0 N–H and O–H groups in total. The smallest absolute Gasteiger partial charge is 0.225 e. The number of aromatic nitrogens is 2. The molecule has 1 aliphatic heterocycles. The number of hydrogen-bond donors (Lipinski definition) is 0. The first-order valence-corrected chi connectivity index (χ1v) is 7.29. The Bertz CT molecular complexity index is 662. The van der Waals surface area contributed by atoms with Gasteiger partial charge in [-0.2, -0.15) is 5.26 Å². The highest BCUT2D eigenvalue weighted by Gasteiger charge is 2.48. The van der Waals surface area contributed by atoms with Crippen molar-refractivity contribution in [1.82, 2.24) is 9.97 Å². The molecule has 6 nitrogen and oxygen atoms in total. The van der Waals surface area contributed by atoms with Gasteiger partial charge in [0, 0.05) is 24.4 Å². The summed E-state index contributed by atoms with van der Waals surface area (Å²) in [5.41, 5.74) is -1.06. The molecule has 0 aromatic carbocycles. The van der Waals surface area contributed by atoms with Crippen molar-refractivity contribution in [3.8, 4) is 6.07 Å². The van der Waals surface area contributed by atoms with Crippen molar-refractivity contribution in [3.05, 3.63) is 30.1 Å². The number of nitriles is 1. The summed E-state index contributed by atoms with van der Waals surface area (Å²) < 4.78 is 6.00. The minimum absolute atomic E-state index is 0.114. The maximum atomic E-state index is 12.3. The summed E-state index contributed by atoms with van der Waals surface area (Å²) >= 11 is 0. The highest BCUT2D eigenvalue weighted by atomic mass is 16.5. The van der Waals surface area contributed by atoms with E-state index in [-0.39, 0.29) is 11.4 Å². The van der Waals surface area contributed by atoms with E-state index in [1.807, 2.05) is 24.8 Å². The second-order valence-corrected chi connectivity index (χ2v) is 6.44. The van der Waals surface area contributed by atoms with Gasteiger partial charge >= 0.3 is 0 Å². The van der Waals surface area contributed by atoms with Gasteiger partial charge < -0.3 is 9.64 Å². The lowest BCUT2D eigenvalue weighted by Crippen LogP contribution is -2.56. The number of nitrogens with zero attached hydrogens (tertiary/aromatic N) is 4. The van der Waals surface area contributed by atoms with Crippen LogP contribution in [-0.4, -0.2) is 41.0 Å². The van der Waals surface area contributed by atoms with E-state index in [9.17, 15) is 10.1 Å². The van der Waals surface area contributed by atoms with E-state index in [0.29, 0.717) is 32.1 Å². The van der Waals surface area contributed by atoms with Crippen molar-refractivity contribution in [2.24, 2.45) is 5.41 Å². The fraction of sp³-hybridized carbons (Fsp3) is 0.500. The predicted octanol–water partition coefficient (Wildman–Crippen LogP) is 1.50. The maximum absolute atomic E-state index is 12.3. The number of rotatable bonds is 1.